The van der Waals surface area contributed by atoms with Crippen LogP contribution in [0.25, 0.3) is 33.8 Å². The summed E-state index contributed by atoms with van der Waals surface area (Å²) in [7, 11) is 1.26. The Labute approximate surface area is 265 Å². The number of carbonyl (C=O) groups excluding carboxylic acids is 2. The van der Waals surface area contributed by atoms with Gasteiger partial charge in [-0.15, -0.1) is 0 Å². The number of hydrogen-bond acceptors (Lipinski definition) is 8. The number of carbonyl (C=O) groups is 2. The van der Waals surface area contributed by atoms with Gasteiger partial charge in [-0.05, 0) is 60.9 Å². The molecule has 2 unspecified atom stereocenters. The SMILES string of the molecule is COC(=O)N=CC(C(=O)N1CCCC1c1nc2ccc(-c3ncc(-c4ccc(N5CCOCC5)cc4)o3)cc2[nH]1)c1ccccc1. The van der Waals surface area contributed by atoms with Crippen molar-refractivity contribution in [3.05, 3.63) is 90.4 Å². The molecule has 2 aliphatic heterocycles. The molecule has 5 aromatic rings. The van der Waals surface area contributed by atoms with E-state index in [1.165, 1.54) is 19.0 Å². The van der Waals surface area contributed by atoms with Crippen molar-refractivity contribution < 1.29 is 23.5 Å². The molecule has 7 rings (SSSR count). The van der Waals surface area contributed by atoms with Crippen molar-refractivity contribution in [1.82, 2.24) is 19.9 Å². The van der Waals surface area contributed by atoms with Gasteiger partial charge in [-0.25, -0.2) is 14.8 Å². The van der Waals surface area contributed by atoms with E-state index in [4.69, 9.17) is 14.1 Å². The van der Waals surface area contributed by atoms with E-state index in [-0.39, 0.29) is 11.9 Å². The minimum absolute atomic E-state index is 0.146. The topological polar surface area (TPSA) is 126 Å². The van der Waals surface area contributed by atoms with Gasteiger partial charge in [0.1, 0.15) is 5.82 Å². The number of H-pyrrole nitrogens is 1. The van der Waals surface area contributed by atoms with Crippen LogP contribution in [0.1, 0.15) is 36.2 Å². The van der Waals surface area contributed by atoms with Gasteiger partial charge in [0, 0.05) is 42.7 Å². The summed E-state index contributed by atoms with van der Waals surface area (Å²) in [6.07, 6.45) is 3.96. The maximum atomic E-state index is 13.9. The highest BCUT2D eigenvalue weighted by atomic mass is 16.5. The van der Waals surface area contributed by atoms with E-state index in [0.29, 0.717) is 24.0 Å². The molecule has 1 N–H and O–H groups in total. The molecule has 2 amide bonds. The van der Waals surface area contributed by atoms with Gasteiger partial charge in [0.05, 0.1) is 49.5 Å². The van der Waals surface area contributed by atoms with Crippen LogP contribution in [0.4, 0.5) is 10.5 Å². The number of rotatable bonds is 7. The summed E-state index contributed by atoms with van der Waals surface area (Å²) in [6, 6.07) is 23.2. The van der Waals surface area contributed by atoms with Gasteiger partial charge >= 0.3 is 6.09 Å². The summed E-state index contributed by atoms with van der Waals surface area (Å²) in [6.45, 7) is 3.84. The second-order valence-electron chi connectivity index (χ2n) is 11.4. The fraction of sp³-hybridized carbons (Fsp3) is 0.286. The number of aromatic amines is 1. The van der Waals surface area contributed by atoms with Crippen LogP contribution in [-0.2, 0) is 14.3 Å². The molecule has 11 nitrogen and oxygen atoms in total. The Kier molecular flexibility index (Phi) is 8.30. The zero-order valence-electron chi connectivity index (χ0n) is 25.5. The molecule has 11 heteroatoms. The highest BCUT2D eigenvalue weighted by molar-refractivity contribution is 6.01. The molecule has 234 valence electrons. The van der Waals surface area contributed by atoms with Crippen LogP contribution >= 0.6 is 0 Å². The molecule has 46 heavy (non-hydrogen) atoms. The number of nitrogens with zero attached hydrogens (tertiary/aromatic N) is 5. The molecule has 4 heterocycles. The number of fused-ring (bicyclic) bond motifs is 1. The van der Waals surface area contributed by atoms with Crippen LogP contribution in [0.15, 0.2) is 88.4 Å². The highest BCUT2D eigenvalue weighted by Gasteiger charge is 2.36. The van der Waals surface area contributed by atoms with E-state index in [0.717, 1.165) is 66.9 Å². The lowest BCUT2D eigenvalue weighted by molar-refractivity contribution is -0.132. The third-order valence-electron chi connectivity index (χ3n) is 8.56. The van der Waals surface area contributed by atoms with Gasteiger partial charge in [0.2, 0.25) is 11.8 Å². The lowest BCUT2D eigenvalue weighted by atomic mass is 9.98. The second-order valence-corrected chi connectivity index (χ2v) is 11.4. The zero-order valence-corrected chi connectivity index (χ0v) is 25.5. The van der Waals surface area contributed by atoms with Crippen LogP contribution in [0, 0.1) is 0 Å². The Morgan fingerprint density at radius 1 is 1.02 bits per heavy atom. The number of ether oxygens (including phenoxy) is 2. The molecular formula is C35H34N6O5. The number of morpholine rings is 1. The Morgan fingerprint density at radius 3 is 2.59 bits per heavy atom. The first-order chi connectivity index (χ1) is 22.6. The standard InChI is InChI=1S/C35H34N6O5/c1-44-35(43)37-21-27(23-6-3-2-4-7-23)34(42)41-15-5-8-30(41)32-38-28-14-11-25(20-29(28)39-32)33-36-22-31(46-33)24-9-12-26(13-10-24)40-16-18-45-19-17-40/h2-4,6-7,9-14,20-22,27,30H,5,8,15-19H2,1H3,(H,38,39). The Balaban J connectivity index is 1.10. The van der Waals surface area contributed by atoms with E-state index in [1.54, 1.807) is 6.20 Å². The smallest absolute Gasteiger partial charge is 0.432 e. The first-order valence-electron chi connectivity index (χ1n) is 15.4. The second kappa shape index (κ2) is 13.0. The van der Waals surface area contributed by atoms with Crippen LogP contribution in [0.2, 0.25) is 0 Å². The normalized spacial score (nSPS) is 17.5. The van der Waals surface area contributed by atoms with Crippen molar-refractivity contribution in [1.29, 1.82) is 0 Å². The number of likely N-dealkylation sites (tertiary alicyclic amines) is 1. The molecule has 2 aromatic heterocycles. The molecule has 2 saturated heterocycles. The average Bonchev–Trinajstić information content (AvgIpc) is 3.89. The molecule has 2 fully saturated rings. The van der Waals surface area contributed by atoms with Gasteiger partial charge in [0.25, 0.3) is 0 Å². The van der Waals surface area contributed by atoms with Gasteiger partial charge in [-0.3, -0.25) is 4.79 Å². The third kappa shape index (κ3) is 6.01. The molecule has 2 atom stereocenters. The number of imidazole rings is 1. The number of aromatic nitrogens is 3. The summed E-state index contributed by atoms with van der Waals surface area (Å²) in [5.74, 6) is 1.04. The Morgan fingerprint density at radius 2 is 1.80 bits per heavy atom. The highest BCUT2D eigenvalue weighted by Crippen LogP contribution is 2.35. The number of oxazole rings is 1. The third-order valence-corrected chi connectivity index (χ3v) is 8.56. The van der Waals surface area contributed by atoms with Gasteiger partial charge < -0.3 is 28.7 Å². The maximum Gasteiger partial charge on any atom is 0.432 e. The molecule has 0 bridgehead atoms. The molecule has 0 spiro atoms. The summed E-state index contributed by atoms with van der Waals surface area (Å²) >= 11 is 0. The Bertz CT molecular complexity index is 1860. The van der Waals surface area contributed by atoms with Gasteiger partial charge in [-0.1, -0.05) is 30.3 Å². The number of benzene rings is 3. The van der Waals surface area contributed by atoms with E-state index in [9.17, 15) is 9.59 Å². The van der Waals surface area contributed by atoms with Crippen molar-refractivity contribution in [2.45, 2.75) is 24.8 Å². The van der Waals surface area contributed by atoms with Crippen molar-refractivity contribution >= 4 is 34.9 Å². The van der Waals surface area contributed by atoms with Crippen LogP contribution < -0.4 is 4.90 Å². The minimum Gasteiger partial charge on any atom is -0.451 e. The van der Waals surface area contributed by atoms with Crippen LogP contribution in [0.3, 0.4) is 0 Å². The van der Waals surface area contributed by atoms with E-state index in [2.05, 4.69) is 48.9 Å². The van der Waals surface area contributed by atoms with Crippen molar-refractivity contribution in [3.8, 4) is 22.8 Å². The Hall–Kier alpha value is -5.29. The largest absolute Gasteiger partial charge is 0.451 e. The number of nitrogens with one attached hydrogen (secondary N) is 1. The molecule has 0 radical (unpaired) electrons. The van der Waals surface area contributed by atoms with E-state index >= 15 is 0 Å². The first-order valence-corrected chi connectivity index (χ1v) is 15.4. The fourth-order valence-electron chi connectivity index (χ4n) is 6.15. The number of hydrogen-bond donors (Lipinski definition) is 1. The lowest BCUT2D eigenvalue weighted by Gasteiger charge is -2.28. The molecule has 0 aliphatic carbocycles. The number of amides is 2. The van der Waals surface area contributed by atoms with Crippen molar-refractivity contribution in [2.75, 3.05) is 44.9 Å². The summed E-state index contributed by atoms with van der Waals surface area (Å²) in [4.78, 5) is 46.5. The summed E-state index contributed by atoms with van der Waals surface area (Å²) < 4.78 is 16.3. The van der Waals surface area contributed by atoms with Crippen LogP contribution in [-0.4, -0.2) is 78.0 Å². The minimum atomic E-state index is -0.750. The van der Waals surface area contributed by atoms with Crippen LogP contribution in [0.5, 0.6) is 0 Å². The summed E-state index contributed by atoms with van der Waals surface area (Å²) in [5, 5.41) is 0. The molecule has 3 aromatic carbocycles. The molecular weight excluding hydrogens is 584 g/mol. The molecule has 2 aliphatic rings. The van der Waals surface area contributed by atoms with E-state index in [1.807, 2.05) is 53.4 Å². The van der Waals surface area contributed by atoms with Gasteiger partial charge in [0.15, 0.2) is 5.76 Å². The predicted molar refractivity (Wildman–Crippen MR) is 174 cm³/mol. The van der Waals surface area contributed by atoms with Crippen molar-refractivity contribution in [3.63, 3.8) is 0 Å². The average molecular weight is 619 g/mol. The summed E-state index contributed by atoms with van der Waals surface area (Å²) in [5.41, 5.74) is 5.31. The first kappa shape index (κ1) is 29.4. The number of aliphatic imine (C=N–C) groups is 1. The van der Waals surface area contributed by atoms with E-state index < -0.39 is 12.0 Å². The predicted octanol–water partition coefficient (Wildman–Crippen LogP) is 6.01. The fourth-order valence-corrected chi connectivity index (χ4v) is 6.15. The lowest BCUT2D eigenvalue weighted by Crippen LogP contribution is -2.36. The quantitative estimate of drug-likeness (QED) is 0.220. The monoisotopic (exact) mass is 618 g/mol. The maximum absolute atomic E-state index is 13.9. The van der Waals surface area contributed by atoms with Crippen molar-refractivity contribution in [2.24, 2.45) is 4.99 Å². The number of methoxy groups -OCH3 is 1. The zero-order chi connectivity index (χ0) is 31.5. The van der Waals surface area contributed by atoms with Gasteiger partial charge in [-0.2, -0.15) is 4.99 Å². The number of anilines is 1. The molecule has 0 saturated carbocycles.